The molecule has 18 heavy (non-hydrogen) atoms. The number of ether oxygens (including phenoxy) is 1. The molecule has 2 heterocycles. The van der Waals surface area contributed by atoms with Crippen molar-refractivity contribution in [2.75, 3.05) is 7.11 Å². The minimum Gasteiger partial charge on any atom is -0.496 e. The molecule has 1 aromatic heterocycles. The molecule has 0 saturated heterocycles. The highest BCUT2D eigenvalue weighted by atomic mass is 16.5. The van der Waals surface area contributed by atoms with Gasteiger partial charge in [-0.3, -0.25) is 0 Å². The van der Waals surface area contributed by atoms with Gasteiger partial charge in [-0.1, -0.05) is 12.1 Å². The number of aromatic nitrogens is 2. The Bertz CT molecular complexity index is 562. The molecule has 0 aliphatic carbocycles. The Balaban J connectivity index is 2.08. The molecule has 0 bridgehead atoms. The van der Waals surface area contributed by atoms with Gasteiger partial charge < -0.3 is 15.0 Å². The summed E-state index contributed by atoms with van der Waals surface area (Å²) in [5, 5.41) is 0. The summed E-state index contributed by atoms with van der Waals surface area (Å²) in [5.41, 5.74) is 8.25. The van der Waals surface area contributed by atoms with Crippen LogP contribution in [-0.4, -0.2) is 22.7 Å². The molecule has 0 fully saturated rings. The van der Waals surface area contributed by atoms with Crippen molar-refractivity contribution in [3.8, 4) is 17.1 Å². The van der Waals surface area contributed by atoms with Gasteiger partial charge in [-0.25, -0.2) is 4.98 Å². The average molecular weight is 243 g/mol. The van der Waals surface area contributed by atoms with Crippen molar-refractivity contribution in [1.82, 2.24) is 9.55 Å². The van der Waals surface area contributed by atoms with E-state index in [2.05, 4.69) is 9.55 Å². The van der Waals surface area contributed by atoms with E-state index in [4.69, 9.17) is 10.5 Å². The summed E-state index contributed by atoms with van der Waals surface area (Å²) in [7, 11) is 1.69. The highest BCUT2D eigenvalue weighted by Crippen LogP contribution is 2.31. The molecule has 2 aromatic rings. The van der Waals surface area contributed by atoms with Gasteiger partial charge in [0.15, 0.2) is 0 Å². The Labute approximate surface area is 106 Å². The molecular formula is C14H17N3O. The van der Waals surface area contributed by atoms with Crippen LogP contribution in [0.1, 0.15) is 12.1 Å². The van der Waals surface area contributed by atoms with E-state index in [0.29, 0.717) is 0 Å². The molecule has 3 rings (SSSR count). The molecule has 94 valence electrons. The van der Waals surface area contributed by atoms with Crippen LogP contribution in [0.15, 0.2) is 30.5 Å². The predicted octanol–water partition coefficient (Wildman–Crippen LogP) is 1.83. The number of rotatable bonds is 2. The van der Waals surface area contributed by atoms with Crippen molar-refractivity contribution in [1.29, 1.82) is 0 Å². The molecule has 1 aliphatic heterocycles. The van der Waals surface area contributed by atoms with Crippen LogP contribution < -0.4 is 10.5 Å². The summed E-state index contributed by atoms with van der Waals surface area (Å²) >= 11 is 0. The van der Waals surface area contributed by atoms with Crippen molar-refractivity contribution in [2.24, 2.45) is 5.73 Å². The number of hydrogen-bond donors (Lipinski definition) is 1. The summed E-state index contributed by atoms with van der Waals surface area (Å²) in [6.45, 7) is 0.934. The third-order valence-electron chi connectivity index (χ3n) is 3.48. The molecule has 1 atom stereocenters. The summed E-state index contributed by atoms with van der Waals surface area (Å²) < 4.78 is 7.65. The molecule has 1 aromatic carbocycles. The lowest BCUT2D eigenvalue weighted by Gasteiger charge is -2.22. The summed E-state index contributed by atoms with van der Waals surface area (Å²) in [6.07, 6.45) is 3.84. The lowest BCUT2D eigenvalue weighted by molar-refractivity contribution is 0.415. The lowest BCUT2D eigenvalue weighted by atomic mass is 10.1. The molecule has 1 aliphatic rings. The van der Waals surface area contributed by atoms with Crippen molar-refractivity contribution < 1.29 is 4.74 Å². The number of nitrogens with zero attached hydrogens (tertiary/aromatic N) is 2. The quantitative estimate of drug-likeness (QED) is 0.875. The van der Waals surface area contributed by atoms with Gasteiger partial charge in [-0.15, -0.1) is 0 Å². The Morgan fingerprint density at radius 1 is 1.39 bits per heavy atom. The van der Waals surface area contributed by atoms with Crippen LogP contribution in [0.25, 0.3) is 11.4 Å². The van der Waals surface area contributed by atoms with Gasteiger partial charge >= 0.3 is 0 Å². The zero-order chi connectivity index (χ0) is 12.5. The van der Waals surface area contributed by atoms with Gasteiger partial charge in [0.2, 0.25) is 0 Å². The van der Waals surface area contributed by atoms with Crippen molar-refractivity contribution in [3.63, 3.8) is 0 Å². The molecule has 4 heteroatoms. The van der Waals surface area contributed by atoms with Gasteiger partial charge in [0.1, 0.15) is 11.6 Å². The van der Waals surface area contributed by atoms with E-state index in [-0.39, 0.29) is 6.04 Å². The minimum atomic E-state index is 0.264. The number of imidazole rings is 1. The standard InChI is InChI=1S/C14H17N3O/c1-18-13-5-3-2-4-12(13)14-16-9-11-8-10(15)6-7-17(11)14/h2-5,9-10H,6-8,15H2,1H3. The molecule has 0 radical (unpaired) electrons. The second-order valence-corrected chi connectivity index (χ2v) is 4.68. The average Bonchev–Trinajstić information content (AvgIpc) is 2.81. The van der Waals surface area contributed by atoms with E-state index in [1.807, 2.05) is 30.5 Å². The zero-order valence-electron chi connectivity index (χ0n) is 10.5. The largest absolute Gasteiger partial charge is 0.496 e. The van der Waals surface area contributed by atoms with Crippen LogP contribution in [0.5, 0.6) is 5.75 Å². The van der Waals surface area contributed by atoms with Gasteiger partial charge in [0, 0.05) is 30.9 Å². The number of fused-ring (bicyclic) bond motifs is 1. The van der Waals surface area contributed by atoms with Gasteiger partial charge in [-0.2, -0.15) is 0 Å². The number of nitrogens with two attached hydrogens (primary N) is 1. The number of benzene rings is 1. The van der Waals surface area contributed by atoms with E-state index in [1.165, 1.54) is 5.69 Å². The number of methoxy groups -OCH3 is 1. The highest BCUT2D eigenvalue weighted by molar-refractivity contribution is 5.65. The van der Waals surface area contributed by atoms with E-state index >= 15 is 0 Å². The Morgan fingerprint density at radius 3 is 3.06 bits per heavy atom. The third-order valence-corrected chi connectivity index (χ3v) is 3.48. The fourth-order valence-electron chi connectivity index (χ4n) is 2.53. The highest BCUT2D eigenvalue weighted by Gasteiger charge is 2.20. The van der Waals surface area contributed by atoms with Crippen molar-refractivity contribution in [2.45, 2.75) is 25.4 Å². The molecule has 2 N–H and O–H groups in total. The SMILES string of the molecule is COc1ccccc1-c1ncc2n1CCC(N)C2. The summed E-state index contributed by atoms with van der Waals surface area (Å²) in [6, 6.07) is 8.25. The van der Waals surface area contributed by atoms with Crippen LogP contribution in [0.4, 0.5) is 0 Å². The maximum Gasteiger partial charge on any atom is 0.143 e. The van der Waals surface area contributed by atoms with Crippen molar-refractivity contribution >= 4 is 0 Å². The van der Waals surface area contributed by atoms with E-state index in [1.54, 1.807) is 7.11 Å². The van der Waals surface area contributed by atoms with Gasteiger partial charge in [0.05, 0.1) is 12.7 Å². The van der Waals surface area contributed by atoms with Crippen LogP contribution in [0.2, 0.25) is 0 Å². The first-order chi connectivity index (χ1) is 8.79. The predicted molar refractivity (Wildman–Crippen MR) is 70.5 cm³/mol. The molecule has 4 nitrogen and oxygen atoms in total. The van der Waals surface area contributed by atoms with Crippen LogP contribution in [0, 0.1) is 0 Å². The topological polar surface area (TPSA) is 53.1 Å². The van der Waals surface area contributed by atoms with Gasteiger partial charge in [-0.05, 0) is 18.6 Å². The number of para-hydroxylation sites is 1. The first-order valence-corrected chi connectivity index (χ1v) is 6.23. The Kier molecular flexibility index (Phi) is 2.80. The smallest absolute Gasteiger partial charge is 0.143 e. The molecule has 1 unspecified atom stereocenters. The van der Waals surface area contributed by atoms with Crippen LogP contribution in [-0.2, 0) is 13.0 Å². The van der Waals surface area contributed by atoms with E-state index < -0.39 is 0 Å². The Hall–Kier alpha value is -1.81. The summed E-state index contributed by atoms with van der Waals surface area (Å²) in [5.74, 6) is 1.84. The zero-order valence-corrected chi connectivity index (χ0v) is 10.5. The molecule has 0 saturated carbocycles. The number of hydrogen-bond acceptors (Lipinski definition) is 3. The maximum absolute atomic E-state index is 5.99. The minimum absolute atomic E-state index is 0.264. The molecular weight excluding hydrogens is 226 g/mol. The van der Waals surface area contributed by atoms with Crippen LogP contribution in [0.3, 0.4) is 0 Å². The fraction of sp³-hybridized carbons (Fsp3) is 0.357. The Morgan fingerprint density at radius 2 is 2.22 bits per heavy atom. The summed E-state index contributed by atoms with van der Waals surface area (Å²) in [4.78, 5) is 4.54. The van der Waals surface area contributed by atoms with E-state index in [9.17, 15) is 0 Å². The molecule has 0 spiro atoms. The van der Waals surface area contributed by atoms with Crippen molar-refractivity contribution in [3.05, 3.63) is 36.2 Å². The first kappa shape index (κ1) is 11.3. The first-order valence-electron chi connectivity index (χ1n) is 6.23. The lowest BCUT2D eigenvalue weighted by Crippen LogP contribution is -2.30. The third kappa shape index (κ3) is 1.78. The maximum atomic E-state index is 5.99. The monoisotopic (exact) mass is 243 g/mol. The molecule has 0 amide bonds. The van der Waals surface area contributed by atoms with E-state index in [0.717, 1.165) is 36.5 Å². The fourth-order valence-corrected chi connectivity index (χ4v) is 2.53. The second kappa shape index (κ2) is 4.46. The van der Waals surface area contributed by atoms with Gasteiger partial charge in [0.25, 0.3) is 0 Å². The second-order valence-electron chi connectivity index (χ2n) is 4.68. The normalized spacial score (nSPS) is 18.4. The van der Waals surface area contributed by atoms with Crippen LogP contribution >= 0.6 is 0 Å².